The lowest BCUT2D eigenvalue weighted by Gasteiger charge is -2.11. The minimum absolute atomic E-state index is 0.0539. The number of hydrogen-bond donors (Lipinski definition) is 1. The van der Waals surface area contributed by atoms with Crippen LogP contribution in [0.15, 0.2) is 11.0 Å². The maximum atomic E-state index is 11.9. The molecule has 0 spiro atoms. The molecule has 0 saturated carbocycles. The Morgan fingerprint density at radius 2 is 2.17 bits per heavy atom. The van der Waals surface area contributed by atoms with E-state index in [0.29, 0.717) is 10.1 Å². The largest absolute Gasteiger partial charge is 0.315 e. The van der Waals surface area contributed by atoms with Crippen LogP contribution in [0, 0.1) is 10.5 Å². The number of hydrogen-bond acceptors (Lipinski definition) is 4. The molecule has 1 aromatic heterocycles. The van der Waals surface area contributed by atoms with Gasteiger partial charge in [0.1, 0.15) is 5.82 Å². The number of halogens is 1. The summed E-state index contributed by atoms with van der Waals surface area (Å²) in [6, 6.07) is 0. The molecule has 0 aliphatic carbocycles. The van der Waals surface area contributed by atoms with Crippen LogP contribution in [0.4, 0.5) is 0 Å². The molecule has 0 unspecified atom stereocenters. The minimum atomic E-state index is 0.0539. The van der Waals surface area contributed by atoms with Crippen molar-refractivity contribution in [2.45, 2.75) is 19.9 Å². The van der Waals surface area contributed by atoms with E-state index in [1.54, 1.807) is 10.8 Å². The van der Waals surface area contributed by atoms with E-state index in [4.69, 9.17) is 0 Å². The van der Waals surface area contributed by atoms with E-state index < -0.39 is 0 Å². The van der Waals surface area contributed by atoms with Crippen LogP contribution in [0.1, 0.15) is 12.2 Å². The van der Waals surface area contributed by atoms with Gasteiger partial charge in [0.2, 0.25) is 0 Å². The molecule has 6 heteroatoms. The van der Waals surface area contributed by atoms with Gasteiger partial charge >= 0.3 is 0 Å². The fraction of sp³-hybridized carbons (Fsp3) is 0.667. The van der Waals surface area contributed by atoms with Gasteiger partial charge in [-0.25, -0.2) is 4.98 Å². The normalized spacial score (nSPS) is 11.2. The SMILES string of the molecule is Cc1ncc(I)c(=O)n1CCNCCCN(C)C. The van der Waals surface area contributed by atoms with Crippen molar-refractivity contribution in [2.75, 3.05) is 33.7 Å². The van der Waals surface area contributed by atoms with Crippen molar-refractivity contribution < 1.29 is 0 Å². The summed E-state index contributed by atoms with van der Waals surface area (Å²) >= 11 is 2.03. The van der Waals surface area contributed by atoms with Crippen LogP contribution in [0.25, 0.3) is 0 Å². The predicted molar refractivity (Wildman–Crippen MR) is 82.0 cm³/mol. The van der Waals surface area contributed by atoms with Crippen molar-refractivity contribution in [3.05, 3.63) is 25.9 Å². The molecular weight excluding hydrogens is 343 g/mol. The molecule has 0 bridgehead atoms. The summed E-state index contributed by atoms with van der Waals surface area (Å²) in [5.74, 6) is 0.774. The molecule has 1 N–H and O–H groups in total. The molecule has 1 rings (SSSR count). The first-order chi connectivity index (χ1) is 8.52. The number of nitrogens with one attached hydrogen (secondary N) is 1. The summed E-state index contributed by atoms with van der Waals surface area (Å²) in [6.07, 6.45) is 2.74. The smallest absolute Gasteiger partial charge is 0.266 e. The van der Waals surface area contributed by atoms with Gasteiger partial charge in [0.15, 0.2) is 0 Å². The molecule has 0 aliphatic rings. The van der Waals surface area contributed by atoms with Crippen molar-refractivity contribution in [3.8, 4) is 0 Å². The molecule has 102 valence electrons. The summed E-state index contributed by atoms with van der Waals surface area (Å²) in [5.41, 5.74) is 0.0539. The molecule has 5 nitrogen and oxygen atoms in total. The van der Waals surface area contributed by atoms with Gasteiger partial charge in [-0.3, -0.25) is 9.36 Å². The maximum Gasteiger partial charge on any atom is 0.266 e. The molecule has 1 heterocycles. The molecule has 0 aromatic carbocycles. The zero-order chi connectivity index (χ0) is 13.5. The Labute approximate surface area is 122 Å². The summed E-state index contributed by atoms with van der Waals surface area (Å²) < 4.78 is 2.39. The van der Waals surface area contributed by atoms with Crippen LogP contribution < -0.4 is 10.9 Å². The summed E-state index contributed by atoms with van der Waals surface area (Å²) in [6.45, 7) is 5.40. The van der Waals surface area contributed by atoms with Crippen molar-refractivity contribution in [1.82, 2.24) is 19.8 Å². The fourth-order valence-electron chi connectivity index (χ4n) is 1.65. The van der Waals surface area contributed by atoms with Gasteiger partial charge < -0.3 is 10.2 Å². The van der Waals surface area contributed by atoms with Crippen molar-refractivity contribution in [1.29, 1.82) is 0 Å². The van der Waals surface area contributed by atoms with Gasteiger partial charge in [-0.15, -0.1) is 0 Å². The zero-order valence-electron chi connectivity index (χ0n) is 11.2. The fourth-order valence-corrected chi connectivity index (χ4v) is 2.08. The van der Waals surface area contributed by atoms with E-state index in [9.17, 15) is 4.79 Å². The lowest BCUT2D eigenvalue weighted by molar-refractivity contribution is 0.393. The maximum absolute atomic E-state index is 11.9. The third-order valence-corrected chi connectivity index (χ3v) is 3.42. The highest BCUT2D eigenvalue weighted by Crippen LogP contribution is 1.96. The third-order valence-electron chi connectivity index (χ3n) is 2.68. The molecule has 0 aliphatic heterocycles. The molecule has 0 amide bonds. The predicted octanol–water partition coefficient (Wildman–Crippen LogP) is 0.698. The lowest BCUT2D eigenvalue weighted by atomic mass is 10.4. The van der Waals surface area contributed by atoms with E-state index in [2.05, 4.69) is 29.3 Å². The first kappa shape index (κ1) is 15.6. The first-order valence-electron chi connectivity index (χ1n) is 6.09. The van der Waals surface area contributed by atoms with Crippen LogP contribution in [0.3, 0.4) is 0 Å². The molecule has 1 aromatic rings. The first-order valence-corrected chi connectivity index (χ1v) is 7.17. The van der Waals surface area contributed by atoms with Gasteiger partial charge in [0.05, 0.1) is 3.57 Å². The average Bonchev–Trinajstić information content (AvgIpc) is 2.32. The third kappa shape index (κ3) is 5.03. The quantitative estimate of drug-likeness (QED) is 0.572. The van der Waals surface area contributed by atoms with Crippen LogP contribution in [-0.2, 0) is 6.54 Å². The second-order valence-corrected chi connectivity index (χ2v) is 5.68. The highest BCUT2D eigenvalue weighted by atomic mass is 127. The monoisotopic (exact) mass is 364 g/mol. The van der Waals surface area contributed by atoms with Gasteiger partial charge in [-0.1, -0.05) is 0 Å². The van der Waals surface area contributed by atoms with Gasteiger partial charge in [0, 0.05) is 19.3 Å². The van der Waals surface area contributed by atoms with Crippen LogP contribution in [0.2, 0.25) is 0 Å². The van der Waals surface area contributed by atoms with Crippen LogP contribution >= 0.6 is 22.6 Å². The molecular formula is C12H21IN4O. The Kier molecular flexibility index (Phi) is 6.80. The van der Waals surface area contributed by atoms with E-state index in [0.717, 1.165) is 31.9 Å². The Morgan fingerprint density at radius 1 is 1.44 bits per heavy atom. The number of rotatable bonds is 7. The van der Waals surface area contributed by atoms with Crippen molar-refractivity contribution in [3.63, 3.8) is 0 Å². The Morgan fingerprint density at radius 3 is 2.83 bits per heavy atom. The Balaban J connectivity index is 2.36. The van der Waals surface area contributed by atoms with E-state index in [1.165, 1.54) is 0 Å². The second kappa shape index (κ2) is 7.85. The molecule has 0 saturated heterocycles. The highest BCUT2D eigenvalue weighted by molar-refractivity contribution is 14.1. The number of aryl methyl sites for hydroxylation is 1. The average molecular weight is 364 g/mol. The zero-order valence-corrected chi connectivity index (χ0v) is 13.4. The molecule has 0 atom stereocenters. The van der Waals surface area contributed by atoms with Gasteiger partial charge in [-0.2, -0.15) is 0 Å². The Hall–Kier alpha value is -0.470. The standard InChI is InChI=1S/C12H21IN4O/c1-10-15-9-11(13)12(18)17(10)8-6-14-5-4-7-16(2)3/h9,14H,4-8H2,1-3H3. The summed E-state index contributed by atoms with van der Waals surface area (Å²) in [7, 11) is 4.14. The number of nitrogens with zero attached hydrogens (tertiary/aromatic N) is 3. The van der Waals surface area contributed by atoms with E-state index in [1.807, 2.05) is 29.5 Å². The van der Waals surface area contributed by atoms with E-state index >= 15 is 0 Å². The van der Waals surface area contributed by atoms with Gasteiger partial charge in [-0.05, 0) is 63.1 Å². The minimum Gasteiger partial charge on any atom is -0.315 e. The van der Waals surface area contributed by atoms with Crippen LogP contribution in [-0.4, -0.2) is 48.2 Å². The van der Waals surface area contributed by atoms with Crippen molar-refractivity contribution in [2.24, 2.45) is 0 Å². The molecule has 18 heavy (non-hydrogen) atoms. The second-order valence-electron chi connectivity index (χ2n) is 4.52. The molecule has 0 fully saturated rings. The Bertz CT molecular complexity index is 431. The lowest BCUT2D eigenvalue weighted by Crippen LogP contribution is -2.31. The summed E-state index contributed by atoms with van der Waals surface area (Å²) in [4.78, 5) is 18.2. The van der Waals surface area contributed by atoms with Crippen LogP contribution in [0.5, 0.6) is 0 Å². The van der Waals surface area contributed by atoms with E-state index in [-0.39, 0.29) is 5.56 Å². The topological polar surface area (TPSA) is 50.2 Å². The molecule has 0 radical (unpaired) electrons. The highest BCUT2D eigenvalue weighted by Gasteiger charge is 2.04. The number of aromatic nitrogens is 2. The summed E-state index contributed by atoms with van der Waals surface area (Å²) in [5, 5.41) is 3.35. The van der Waals surface area contributed by atoms with Gasteiger partial charge in [0.25, 0.3) is 5.56 Å². The van der Waals surface area contributed by atoms with Crippen molar-refractivity contribution >= 4 is 22.6 Å².